The molecule has 2 rings (SSSR count). The van der Waals surface area contributed by atoms with E-state index in [9.17, 15) is 40.5 Å². The van der Waals surface area contributed by atoms with Crippen molar-refractivity contribution in [2.75, 3.05) is 13.2 Å². The van der Waals surface area contributed by atoms with E-state index in [1.165, 1.54) is 32.1 Å². The number of aliphatic hydroxyl groups is 7. The van der Waals surface area contributed by atoms with Crippen LogP contribution in [0, 0.1) is 0 Å². The zero-order chi connectivity index (χ0) is 26.7. The van der Waals surface area contributed by atoms with E-state index in [-0.39, 0.29) is 6.42 Å². The Morgan fingerprint density at radius 1 is 0.722 bits per heavy atom. The molecule has 2 saturated heterocycles. The average Bonchev–Trinajstić information content (AvgIpc) is 2.87. The van der Waals surface area contributed by atoms with Crippen molar-refractivity contribution in [2.24, 2.45) is 0 Å². The van der Waals surface area contributed by atoms with Gasteiger partial charge in [-0.2, -0.15) is 0 Å². The number of unbranched alkanes of at least 4 members (excludes halogenated alkanes) is 8. The summed E-state index contributed by atoms with van der Waals surface area (Å²) in [5.74, 6) is -0.486. The predicted molar refractivity (Wildman–Crippen MR) is 124 cm³/mol. The van der Waals surface area contributed by atoms with E-state index in [0.29, 0.717) is 6.42 Å². The quantitative estimate of drug-likeness (QED) is 0.103. The minimum absolute atomic E-state index is 0.202. The van der Waals surface area contributed by atoms with Crippen molar-refractivity contribution in [3.8, 4) is 0 Å². The highest BCUT2D eigenvalue weighted by Gasteiger charge is 2.50. The predicted octanol–water partition coefficient (Wildman–Crippen LogP) is -0.925. The fourth-order valence-corrected chi connectivity index (χ4v) is 4.38. The van der Waals surface area contributed by atoms with Crippen LogP contribution >= 0.6 is 0 Å². The third kappa shape index (κ3) is 9.12. The number of esters is 1. The molecule has 7 N–H and O–H groups in total. The van der Waals surface area contributed by atoms with Gasteiger partial charge in [0, 0.05) is 6.42 Å². The largest absolute Gasteiger partial charge is 0.463 e. The summed E-state index contributed by atoms with van der Waals surface area (Å²) in [6, 6.07) is 0. The van der Waals surface area contributed by atoms with Gasteiger partial charge in [0.25, 0.3) is 0 Å². The third-order valence-corrected chi connectivity index (χ3v) is 6.69. The molecule has 0 saturated carbocycles. The van der Waals surface area contributed by atoms with E-state index >= 15 is 0 Å². The first kappa shape index (κ1) is 31.3. The Labute approximate surface area is 211 Å². The highest BCUT2D eigenvalue weighted by molar-refractivity contribution is 5.69. The first-order chi connectivity index (χ1) is 17.2. The summed E-state index contributed by atoms with van der Waals surface area (Å²) >= 11 is 0. The lowest BCUT2D eigenvalue weighted by molar-refractivity contribution is -0.355. The molecule has 0 amide bonds. The number of carbonyl (C=O) groups excluding carboxylic acids is 1. The zero-order valence-corrected chi connectivity index (χ0v) is 20.9. The zero-order valence-electron chi connectivity index (χ0n) is 20.9. The van der Waals surface area contributed by atoms with Gasteiger partial charge in [-0.15, -0.1) is 0 Å². The maximum Gasteiger partial charge on any atom is 0.305 e. The lowest BCUT2D eigenvalue weighted by Gasteiger charge is -2.45. The number of hydrogen-bond donors (Lipinski definition) is 7. The molecule has 10 atom stereocenters. The summed E-state index contributed by atoms with van der Waals surface area (Å²) in [6.45, 7) is 1.08. The maximum atomic E-state index is 12.1. The van der Waals surface area contributed by atoms with Gasteiger partial charge in [0.1, 0.15) is 55.4 Å². The fraction of sp³-hybridized carbons (Fsp3) is 0.958. The first-order valence-corrected chi connectivity index (χ1v) is 13.0. The van der Waals surface area contributed by atoms with Crippen molar-refractivity contribution in [1.82, 2.24) is 0 Å². The van der Waals surface area contributed by atoms with Crippen LogP contribution in [0.25, 0.3) is 0 Å². The van der Waals surface area contributed by atoms with E-state index in [1.54, 1.807) is 0 Å². The van der Waals surface area contributed by atoms with Crippen LogP contribution in [0.15, 0.2) is 0 Å². The molecule has 2 aliphatic rings. The number of aliphatic hydroxyl groups excluding tert-OH is 7. The molecular formula is C24H44O12. The van der Waals surface area contributed by atoms with E-state index in [2.05, 4.69) is 6.92 Å². The minimum atomic E-state index is -1.76. The molecule has 2 aliphatic heterocycles. The molecule has 0 aliphatic carbocycles. The highest BCUT2D eigenvalue weighted by atomic mass is 16.7. The molecule has 2 heterocycles. The standard InChI is InChI=1S/C24H44O12/c1-2-3-4-5-6-7-8-9-10-11-16(26)33-13-15-17(27)18(28)21(31)24(35-15)36-22-14(12-25)34-23(32)20(30)19(22)29/h14-15,17-25,27-32H,2-13H2,1H3/t14-,15-,17-,18+,19-,20-,21-,22-,23+,24-/m1/s1. The second-order valence-corrected chi connectivity index (χ2v) is 9.61. The summed E-state index contributed by atoms with van der Waals surface area (Å²) in [7, 11) is 0. The van der Waals surface area contributed by atoms with Crippen molar-refractivity contribution in [1.29, 1.82) is 0 Å². The van der Waals surface area contributed by atoms with Crippen LogP contribution in [0.2, 0.25) is 0 Å². The monoisotopic (exact) mass is 524 g/mol. The van der Waals surface area contributed by atoms with Crippen LogP contribution in [0.1, 0.15) is 71.1 Å². The van der Waals surface area contributed by atoms with E-state index < -0.39 is 80.6 Å². The van der Waals surface area contributed by atoms with Gasteiger partial charge in [0.2, 0.25) is 0 Å². The maximum absolute atomic E-state index is 12.1. The number of rotatable bonds is 15. The molecule has 0 aromatic rings. The average molecular weight is 525 g/mol. The van der Waals surface area contributed by atoms with E-state index in [0.717, 1.165) is 19.3 Å². The molecule has 0 aromatic carbocycles. The summed E-state index contributed by atoms with van der Waals surface area (Å²) < 4.78 is 21.1. The topological polar surface area (TPSA) is 196 Å². The second-order valence-electron chi connectivity index (χ2n) is 9.61. The normalized spacial score (nSPS) is 37.1. The fourth-order valence-electron chi connectivity index (χ4n) is 4.38. The van der Waals surface area contributed by atoms with E-state index in [4.69, 9.17) is 18.9 Å². The molecule has 36 heavy (non-hydrogen) atoms. The molecule has 0 aromatic heterocycles. The second kappa shape index (κ2) is 16.1. The van der Waals surface area contributed by atoms with Crippen LogP contribution in [0.4, 0.5) is 0 Å². The van der Waals surface area contributed by atoms with Gasteiger partial charge < -0.3 is 54.7 Å². The first-order valence-electron chi connectivity index (χ1n) is 13.0. The molecule has 12 nitrogen and oxygen atoms in total. The van der Waals surface area contributed by atoms with Crippen molar-refractivity contribution in [2.45, 2.75) is 133 Å². The summed E-state index contributed by atoms with van der Waals surface area (Å²) in [4.78, 5) is 12.1. The van der Waals surface area contributed by atoms with Gasteiger partial charge in [0.05, 0.1) is 6.61 Å². The summed E-state index contributed by atoms with van der Waals surface area (Å²) in [5, 5.41) is 69.9. The molecule has 0 radical (unpaired) electrons. The Kier molecular flexibility index (Phi) is 14.0. The molecule has 0 spiro atoms. The van der Waals surface area contributed by atoms with Gasteiger partial charge in [-0.25, -0.2) is 0 Å². The number of ether oxygens (including phenoxy) is 4. The summed E-state index contributed by atoms with van der Waals surface area (Å²) in [5.41, 5.74) is 0. The Morgan fingerprint density at radius 2 is 1.33 bits per heavy atom. The molecular weight excluding hydrogens is 480 g/mol. The van der Waals surface area contributed by atoms with Crippen LogP contribution in [-0.4, -0.2) is 116 Å². The number of carbonyl (C=O) groups is 1. The van der Waals surface area contributed by atoms with Gasteiger partial charge >= 0.3 is 5.97 Å². The number of hydrogen-bond acceptors (Lipinski definition) is 12. The summed E-state index contributed by atoms with van der Waals surface area (Å²) in [6.07, 6.45) is -5.75. The van der Waals surface area contributed by atoms with Crippen molar-refractivity contribution < 1.29 is 59.5 Å². The SMILES string of the molecule is CCCCCCCCCCCC(=O)OC[C@H]1O[C@H](O[C@H]2[C@H](O)[C@@H](O)[C@@H](O)O[C@@H]2CO)[C@H](O)[C@@H](O)[C@@H]1O. The molecule has 0 bridgehead atoms. The highest BCUT2D eigenvalue weighted by Crippen LogP contribution is 2.28. The molecule has 0 unspecified atom stereocenters. The van der Waals surface area contributed by atoms with Gasteiger partial charge in [-0.1, -0.05) is 58.3 Å². The third-order valence-electron chi connectivity index (χ3n) is 6.69. The van der Waals surface area contributed by atoms with E-state index in [1.807, 2.05) is 0 Å². The van der Waals surface area contributed by atoms with Crippen LogP contribution in [-0.2, 0) is 23.7 Å². The van der Waals surface area contributed by atoms with Crippen LogP contribution < -0.4 is 0 Å². The molecule has 2 fully saturated rings. The molecule has 212 valence electrons. The van der Waals surface area contributed by atoms with Crippen molar-refractivity contribution in [3.63, 3.8) is 0 Å². The van der Waals surface area contributed by atoms with Gasteiger partial charge in [-0.05, 0) is 6.42 Å². The lowest BCUT2D eigenvalue weighted by Crippen LogP contribution is -2.64. The molecule has 12 heteroatoms. The van der Waals surface area contributed by atoms with Crippen molar-refractivity contribution in [3.05, 3.63) is 0 Å². The van der Waals surface area contributed by atoms with Gasteiger partial charge in [-0.3, -0.25) is 4.79 Å². The van der Waals surface area contributed by atoms with Crippen LogP contribution in [0.5, 0.6) is 0 Å². The van der Waals surface area contributed by atoms with Crippen molar-refractivity contribution >= 4 is 5.97 Å². The minimum Gasteiger partial charge on any atom is -0.463 e. The smallest absolute Gasteiger partial charge is 0.305 e. The van der Waals surface area contributed by atoms with Gasteiger partial charge in [0.15, 0.2) is 12.6 Å². The Morgan fingerprint density at radius 3 is 1.94 bits per heavy atom. The van der Waals surface area contributed by atoms with Crippen LogP contribution in [0.3, 0.4) is 0 Å². The Balaban J connectivity index is 1.78. The Hall–Kier alpha value is -0.930. The lowest BCUT2D eigenvalue weighted by atomic mass is 9.97. The Bertz CT molecular complexity index is 620.